The van der Waals surface area contributed by atoms with Crippen molar-refractivity contribution in [1.29, 1.82) is 0 Å². The molecule has 0 aromatic carbocycles. The van der Waals surface area contributed by atoms with Crippen molar-refractivity contribution in [2.24, 2.45) is 0 Å². The fraction of sp³-hybridized carbons (Fsp3) is 0.739. The molecule has 0 radical (unpaired) electrons. The number of morpholine rings is 1. The molecule has 2 amide bonds. The van der Waals surface area contributed by atoms with Gasteiger partial charge in [0.1, 0.15) is 5.69 Å². The second-order valence-electron chi connectivity index (χ2n) is 8.88. The number of ether oxygens (including phenoxy) is 3. The number of likely N-dealkylation sites (tertiary alicyclic amines) is 1. The Labute approximate surface area is 195 Å². The van der Waals surface area contributed by atoms with Crippen LogP contribution in [-0.2, 0) is 19.0 Å². The highest BCUT2D eigenvalue weighted by Crippen LogP contribution is 2.31. The van der Waals surface area contributed by atoms with Gasteiger partial charge in [0.15, 0.2) is 5.79 Å². The molecule has 1 aromatic rings. The molecule has 0 N–H and O–H groups in total. The van der Waals surface area contributed by atoms with E-state index in [2.05, 4.69) is 14.9 Å². The van der Waals surface area contributed by atoms with E-state index in [-0.39, 0.29) is 18.2 Å². The number of nitrogens with zero attached hydrogens (tertiary/aromatic N) is 5. The van der Waals surface area contributed by atoms with Crippen molar-refractivity contribution in [3.05, 3.63) is 23.8 Å². The van der Waals surface area contributed by atoms with E-state index >= 15 is 0 Å². The minimum Gasteiger partial charge on any atom is -0.379 e. The molecule has 3 saturated heterocycles. The highest BCUT2D eigenvalue weighted by molar-refractivity contribution is 5.92. The minimum absolute atomic E-state index is 0.0591. The van der Waals surface area contributed by atoms with E-state index in [1.165, 1.54) is 6.20 Å². The molecule has 0 atom stereocenters. The van der Waals surface area contributed by atoms with Crippen LogP contribution >= 0.6 is 0 Å². The van der Waals surface area contributed by atoms with Gasteiger partial charge in [0.05, 0.1) is 38.3 Å². The van der Waals surface area contributed by atoms with Gasteiger partial charge in [-0.1, -0.05) is 0 Å². The van der Waals surface area contributed by atoms with E-state index in [1.807, 2.05) is 11.8 Å². The van der Waals surface area contributed by atoms with Gasteiger partial charge in [-0.05, 0) is 13.3 Å². The molecule has 10 nitrogen and oxygen atoms in total. The first-order valence-electron chi connectivity index (χ1n) is 12.0. The number of amides is 2. The van der Waals surface area contributed by atoms with E-state index in [1.54, 1.807) is 11.1 Å². The molecule has 0 saturated carbocycles. The average molecular weight is 462 g/mol. The number of hydrogen-bond acceptors (Lipinski definition) is 8. The fourth-order valence-corrected chi connectivity index (χ4v) is 4.56. The second kappa shape index (κ2) is 11.3. The number of piperidine rings is 1. The zero-order valence-corrected chi connectivity index (χ0v) is 19.5. The minimum atomic E-state index is -0.498. The summed E-state index contributed by atoms with van der Waals surface area (Å²) < 4.78 is 16.9. The van der Waals surface area contributed by atoms with Crippen molar-refractivity contribution >= 4 is 11.8 Å². The van der Waals surface area contributed by atoms with Gasteiger partial charge in [-0.3, -0.25) is 19.5 Å². The Hall–Kier alpha value is -2.14. The van der Waals surface area contributed by atoms with Crippen LogP contribution < -0.4 is 0 Å². The molecular formula is C23H35N5O5. The third kappa shape index (κ3) is 6.47. The van der Waals surface area contributed by atoms with Crippen molar-refractivity contribution in [3.8, 4) is 0 Å². The van der Waals surface area contributed by atoms with E-state index in [9.17, 15) is 9.59 Å². The van der Waals surface area contributed by atoms with Crippen molar-refractivity contribution in [2.75, 3.05) is 72.2 Å². The van der Waals surface area contributed by atoms with Crippen LogP contribution in [0.3, 0.4) is 0 Å². The normalized spacial score (nSPS) is 20.8. The molecule has 3 aliphatic rings. The van der Waals surface area contributed by atoms with Crippen molar-refractivity contribution in [3.63, 3.8) is 0 Å². The first-order valence-corrected chi connectivity index (χ1v) is 12.0. The van der Waals surface area contributed by atoms with E-state index in [0.717, 1.165) is 45.0 Å². The summed E-state index contributed by atoms with van der Waals surface area (Å²) in [6.45, 7) is 9.50. The first-order chi connectivity index (χ1) is 16.0. The molecule has 182 valence electrons. The summed E-state index contributed by atoms with van der Waals surface area (Å²) in [5.74, 6) is -0.617. The Morgan fingerprint density at radius 1 is 1.00 bits per heavy atom. The Kier molecular flexibility index (Phi) is 8.24. The summed E-state index contributed by atoms with van der Waals surface area (Å²) in [5, 5.41) is 0. The molecule has 33 heavy (non-hydrogen) atoms. The molecule has 0 aliphatic carbocycles. The van der Waals surface area contributed by atoms with Crippen molar-refractivity contribution < 1.29 is 23.8 Å². The predicted molar refractivity (Wildman–Crippen MR) is 120 cm³/mol. The Morgan fingerprint density at radius 3 is 2.39 bits per heavy atom. The molecule has 3 aliphatic heterocycles. The van der Waals surface area contributed by atoms with Crippen LogP contribution in [0.2, 0.25) is 0 Å². The Morgan fingerprint density at radius 2 is 1.73 bits per heavy atom. The zero-order valence-electron chi connectivity index (χ0n) is 19.5. The second-order valence-corrected chi connectivity index (χ2v) is 8.88. The number of carbonyl (C=O) groups is 2. The van der Waals surface area contributed by atoms with E-state index in [0.29, 0.717) is 57.9 Å². The van der Waals surface area contributed by atoms with Crippen LogP contribution in [0.4, 0.5) is 0 Å². The summed E-state index contributed by atoms with van der Waals surface area (Å²) >= 11 is 0. The van der Waals surface area contributed by atoms with Gasteiger partial charge in [0.25, 0.3) is 5.91 Å². The molecule has 4 heterocycles. The highest BCUT2D eigenvalue weighted by atomic mass is 16.7. The molecule has 10 heteroatoms. The van der Waals surface area contributed by atoms with Gasteiger partial charge in [-0.25, -0.2) is 4.98 Å². The quantitative estimate of drug-likeness (QED) is 0.558. The number of carbonyl (C=O) groups excluding carboxylic acids is 2. The fourth-order valence-electron chi connectivity index (χ4n) is 4.56. The lowest BCUT2D eigenvalue weighted by Gasteiger charge is -2.37. The Balaban J connectivity index is 1.30. The van der Waals surface area contributed by atoms with Crippen LogP contribution in [0.15, 0.2) is 12.4 Å². The summed E-state index contributed by atoms with van der Waals surface area (Å²) in [6, 6.07) is 0. The molecule has 1 spiro atoms. The van der Waals surface area contributed by atoms with Gasteiger partial charge in [0.2, 0.25) is 5.91 Å². The van der Waals surface area contributed by atoms with Crippen LogP contribution in [0, 0.1) is 6.92 Å². The smallest absolute Gasteiger partial charge is 0.274 e. The third-order valence-electron chi connectivity index (χ3n) is 6.58. The maximum Gasteiger partial charge on any atom is 0.274 e. The van der Waals surface area contributed by atoms with Crippen LogP contribution in [0.25, 0.3) is 0 Å². The van der Waals surface area contributed by atoms with E-state index in [4.69, 9.17) is 14.2 Å². The Bertz CT molecular complexity index is 783. The van der Waals surface area contributed by atoms with Gasteiger partial charge in [-0.2, -0.15) is 0 Å². The summed E-state index contributed by atoms with van der Waals surface area (Å²) in [6.07, 6.45) is 5.62. The maximum atomic E-state index is 13.1. The number of rotatable bonds is 8. The lowest BCUT2D eigenvalue weighted by Crippen LogP contribution is -2.48. The summed E-state index contributed by atoms with van der Waals surface area (Å²) in [5.41, 5.74) is 1.08. The molecule has 1 aromatic heterocycles. The van der Waals surface area contributed by atoms with Crippen molar-refractivity contribution in [2.45, 2.75) is 38.4 Å². The van der Waals surface area contributed by atoms with E-state index < -0.39 is 5.79 Å². The molecular weight excluding hydrogens is 426 g/mol. The number of aromatic nitrogens is 2. The standard InChI is InChI=1S/C23H35N5O5/c1-19-17-25-20(18-24-19)22(30)28(7-2-6-26-11-13-31-14-12-26)8-3-21(29)27-9-4-23(5-10-27)32-15-16-33-23/h17-18H,2-16H2,1H3. The van der Waals surface area contributed by atoms with Crippen LogP contribution in [0.1, 0.15) is 41.9 Å². The van der Waals surface area contributed by atoms with Gasteiger partial charge >= 0.3 is 0 Å². The molecule has 3 fully saturated rings. The van der Waals surface area contributed by atoms with Crippen molar-refractivity contribution in [1.82, 2.24) is 24.7 Å². The number of aryl methyl sites for hydroxylation is 1. The van der Waals surface area contributed by atoms with Gasteiger partial charge in [0, 0.05) is 71.3 Å². The zero-order chi connectivity index (χ0) is 23.1. The van der Waals surface area contributed by atoms with Gasteiger partial charge in [-0.15, -0.1) is 0 Å². The third-order valence-corrected chi connectivity index (χ3v) is 6.58. The predicted octanol–water partition coefficient (Wildman–Crippen LogP) is 0.705. The largest absolute Gasteiger partial charge is 0.379 e. The number of hydrogen-bond donors (Lipinski definition) is 0. The molecule has 0 unspecified atom stereocenters. The molecule has 4 rings (SSSR count). The summed E-state index contributed by atoms with van der Waals surface area (Å²) in [7, 11) is 0. The SMILES string of the molecule is Cc1cnc(C(=O)N(CCCN2CCOCC2)CCC(=O)N2CCC3(CC2)OCCO3)cn1. The van der Waals surface area contributed by atoms with Crippen LogP contribution in [0.5, 0.6) is 0 Å². The topological polar surface area (TPSA) is 97.3 Å². The average Bonchev–Trinajstić information content (AvgIpc) is 3.30. The lowest BCUT2D eigenvalue weighted by molar-refractivity contribution is -0.187. The summed E-state index contributed by atoms with van der Waals surface area (Å²) in [4.78, 5) is 40.4. The van der Waals surface area contributed by atoms with Gasteiger partial charge < -0.3 is 24.0 Å². The highest BCUT2D eigenvalue weighted by Gasteiger charge is 2.40. The maximum absolute atomic E-state index is 13.1. The monoisotopic (exact) mass is 461 g/mol. The molecule has 0 bridgehead atoms. The van der Waals surface area contributed by atoms with Crippen LogP contribution in [-0.4, -0.2) is 115 Å². The first kappa shape index (κ1) is 24.0. The lowest BCUT2D eigenvalue weighted by atomic mass is 10.0.